The van der Waals surface area contributed by atoms with Crippen molar-refractivity contribution in [1.82, 2.24) is 25.5 Å². The lowest BCUT2D eigenvalue weighted by atomic mass is 10.1. The smallest absolute Gasteiger partial charge is 0.290 e. The Morgan fingerprint density at radius 1 is 1.28 bits per heavy atom. The number of aliphatic hydroxyl groups excluding tert-OH is 1. The number of carbonyl (C=O) groups is 4. The maximum Gasteiger partial charge on any atom is 0.290 e. The lowest BCUT2D eigenvalue weighted by Crippen LogP contribution is -2.51. The van der Waals surface area contributed by atoms with Gasteiger partial charge in [0.25, 0.3) is 12.4 Å². The van der Waals surface area contributed by atoms with Gasteiger partial charge >= 0.3 is 0 Å². The van der Waals surface area contributed by atoms with Crippen LogP contribution in [0.3, 0.4) is 0 Å². The molecule has 29 heavy (non-hydrogen) atoms. The summed E-state index contributed by atoms with van der Waals surface area (Å²) in [5.74, 6) is -1.08. The summed E-state index contributed by atoms with van der Waals surface area (Å²) in [6, 6.07) is -0.519. The number of piperazine rings is 1. The SMILES string of the molecule is Cc1ncnc(C)c1C(=O)N[C@@H]1C[C@H](C(=O)N2CCNC(=O)C2)C[C@H]1O.O=CO. The van der Waals surface area contributed by atoms with Crippen molar-refractivity contribution in [1.29, 1.82) is 0 Å². The molecule has 0 unspecified atom stereocenters. The second-order valence-corrected chi connectivity index (χ2v) is 6.95. The molecule has 0 bridgehead atoms. The van der Waals surface area contributed by atoms with E-state index in [1.54, 1.807) is 13.8 Å². The highest BCUT2D eigenvalue weighted by Crippen LogP contribution is 2.28. The number of carbonyl (C=O) groups excluding carboxylic acids is 3. The van der Waals surface area contributed by atoms with Gasteiger partial charge in [-0.05, 0) is 26.7 Å². The Kier molecular flexibility index (Phi) is 7.59. The van der Waals surface area contributed by atoms with E-state index in [2.05, 4.69) is 20.6 Å². The summed E-state index contributed by atoms with van der Waals surface area (Å²) >= 11 is 0. The van der Waals surface area contributed by atoms with E-state index in [0.29, 0.717) is 36.5 Å². The largest absolute Gasteiger partial charge is 0.483 e. The van der Waals surface area contributed by atoms with E-state index in [4.69, 9.17) is 9.90 Å². The molecule has 3 amide bonds. The van der Waals surface area contributed by atoms with E-state index in [-0.39, 0.29) is 37.2 Å². The Bertz CT molecular complexity index is 766. The second kappa shape index (κ2) is 9.92. The fourth-order valence-electron chi connectivity index (χ4n) is 3.62. The minimum atomic E-state index is -0.809. The van der Waals surface area contributed by atoms with Crippen LogP contribution in [-0.4, -0.2) is 81.1 Å². The standard InChI is InChI=1S/C17H23N5O4.CH2O2/c1-9-15(10(2)20-8-19-9)16(25)21-12-5-11(6-13(12)23)17(26)22-4-3-18-14(24)7-22;2-1-3/h8,11-13,23H,3-7H2,1-2H3,(H,18,24)(H,21,25);1H,(H,2,3)/t11-,12+,13+;/m0./s1. The van der Waals surface area contributed by atoms with Gasteiger partial charge in [0.1, 0.15) is 6.33 Å². The van der Waals surface area contributed by atoms with Crippen LogP contribution in [0.4, 0.5) is 0 Å². The van der Waals surface area contributed by atoms with Gasteiger partial charge in [-0.1, -0.05) is 0 Å². The van der Waals surface area contributed by atoms with Crippen LogP contribution >= 0.6 is 0 Å². The molecule has 1 saturated carbocycles. The summed E-state index contributed by atoms with van der Waals surface area (Å²) in [4.78, 5) is 54.6. The van der Waals surface area contributed by atoms with Crippen molar-refractivity contribution in [3.63, 3.8) is 0 Å². The molecular formula is C18H25N5O6. The molecule has 2 aliphatic rings. The summed E-state index contributed by atoms with van der Waals surface area (Å²) in [5, 5.41) is 22.7. The van der Waals surface area contributed by atoms with Crippen LogP contribution in [0, 0.1) is 19.8 Å². The zero-order valence-corrected chi connectivity index (χ0v) is 16.3. The summed E-state index contributed by atoms with van der Waals surface area (Å²) < 4.78 is 0. The van der Waals surface area contributed by atoms with Crippen molar-refractivity contribution in [2.24, 2.45) is 5.92 Å². The number of rotatable bonds is 3. The van der Waals surface area contributed by atoms with Gasteiger partial charge < -0.3 is 25.7 Å². The minimum Gasteiger partial charge on any atom is -0.483 e. The van der Waals surface area contributed by atoms with Gasteiger partial charge in [-0.2, -0.15) is 0 Å². The highest BCUT2D eigenvalue weighted by atomic mass is 16.3. The Labute approximate surface area is 167 Å². The van der Waals surface area contributed by atoms with Crippen LogP contribution in [0.25, 0.3) is 0 Å². The van der Waals surface area contributed by atoms with Crippen LogP contribution in [-0.2, 0) is 14.4 Å². The molecule has 4 N–H and O–H groups in total. The number of hydrogen-bond donors (Lipinski definition) is 4. The number of aryl methyl sites for hydroxylation is 2. The maximum atomic E-state index is 12.6. The Morgan fingerprint density at radius 3 is 2.48 bits per heavy atom. The van der Waals surface area contributed by atoms with E-state index in [1.165, 1.54) is 11.2 Å². The van der Waals surface area contributed by atoms with Crippen LogP contribution in [0.2, 0.25) is 0 Å². The first-order valence-corrected chi connectivity index (χ1v) is 9.18. The number of aromatic nitrogens is 2. The predicted molar refractivity (Wildman–Crippen MR) is 99.8 cm³/mol. The monoisotopic (exact) mass is 407 g/mol. The van der Waals surface area contributed by atoms with E-state index in [0.717, 1.165) is 0 Å². The average Bonchev–Trinajstić information content (AvgIpc) is 3.02. The molecule has 1 aliphatic carbocycles. The number of hydrogen-bond acceptors (Lipinski definition) is 7. The van der Waals surface area contributed by atoms with Gasteiger partial charge in [-0.15, -0.1) is 0 Å². The molecule has 158 valence electrons. The molecular weight excluding hydrogens is 382 g/mol. The highest BCUT2D eigenvalue weighted by Gasteiger charge is 2.40. The predicted octanol–water partition coefficient (Wildman–Crippen LogP) is -1.38. The van der Waals surface area contributed by atoms with Gasteiger partial charge in [0, 0.05) is 19.0 Å². The second-order valence-electron chi connectivity index (χ2n) is 6.95. The van der Waals surface area contributed by atoms with E-state index < -0.39 is 18.1 Å². The third-order valence-electron chi connectivity index (χ3n) is 5.00. The van der Waals surface area contributed by atoms with Gasteiger partial charge in [-0.3, -0.25) is 19.2 Å². The molecule has 11 nitrogen and oxygen atoms in total. The molecule has 3 rings (SSSR count). The fourth-order valence-corrected chi connectivity index (χ4v) is 3.62. The van der Waals surface area contributed by atoms with Gasteiger partial charge in [0.15, 0.2) is 0 Å². The number of aliphatic hydroxyl groups is 1. The first-order valence-electron chi connectivity index (χ1n) is 9.18. The maximum absolute atomic E-state index is 12.6. The summed E-state index contributed by atoms with van der Waals surface area (Å²) in [6.07, 6.45) is 1.20. The van der Waals surface area contributed by atoms with Crippen LogP contribution < -0.4 is 10.6 Å². The van der Waals surface area contributed by atoms with Gasteiger partial charge in [-0.25, -0.2) is 9.97 Å². The number of nitrogens with zero attached hydrogens (tertiary/aromatic N) is 3. The fraction of sp³-hybridized carbons (Fsp3) is 0.556. The summed E-state index contributed by atoms with van der Waals surface area (Å²) in [7, 11) is 0. The molecule has 1 saturated heterocycles. The van der Waals surface area contributed by atoms with Crippen molar-refractivity contribution in [2.75, 3.05) is 19.6 Å². The van der Waals surface area contributed by atoms with Crippen molar-refractivity contribution < 1.29 is 29.4 Å². The molecule has 0 radical (unpaired) electrons. The topological polar surface area (TPSA) is 162 Å². The van der Waals surface area contributed by atoms with Crippen molar-refractivity contribution >= 4 is 24.2 Å². The van der Waals surface area contributed by atoms with E-state index in [1.807, 2.05) is 0 Å². The zero-order chi connectivity index (χ0) is 21.6. The molecule has 2 heterocycles. The minimum absolute atomic E-state index is 0.0438. The number of amides is 3. The van der Waals surface area contributed by atoms with Crippen molar-refractivity contribution in [3.8, 4) is 0 Å². The van der Waals surface area contributed by atoms with Crippen molar-refractivity contribution in [3.05, 3.63) is 23.3 Å². The third-order valence-corrected chi connectivity index (χ3v) is 5.00. The Balaban J connectivity index is 0.000000941. The van der Waals surface area contributed by atoms with Crippen LogP contribution in [0.15, 0.2) is 6.33 Å². The normalized spacial score (nSPS) is 23.5. The molecule has 1 aromatic rings. The third kappa shape index (κ3) is 5.47. The molecule has 0 spiro atoms. The quantitative estimate of drug-likeness (QED) is 0.446. The Morgan fingerprint density at radius 2 is 1.90 bits per heavy atom. The summed E-state index contributed by atoms with van der Waals surface area (Å²) in [6.45, 7) is 4.15. The van der Waals surface area contributed by atoms with Gasteiger partial charge in [0.05, 0.1) is 35.6 Å². The van der Waals surface area contributed by atoms with E-state index in [9.17, 15) is 19.5 Å². The lowest BCUT2D eigenvalue weighted by Gasteiger charge is -2.29. The Hall–Kier alpha value is -3.08. The van der Waals surface area contributed by atoms with E-state index >= 15 is 0 Å². The molecule has 1 aliphatic heterocycles. The molecule has 1 aromatic heterocycles. The van der Waals surface area contributed by atoms with Crippen molar-refractivity contribution in [2.45, 2.75) is 38.8 Å². The van der Waals surface area contributed by atoms with Gasteiger partial charge in [0.2, 0.25) is 11.8 Å². The van der Waals surface area contributed by atoms with Crippen LogP contribution in [0.5, 0.6) is 0 Å². The zero-order valence-electron chi connectivity index (χ0n) is 16.3. The first kappa shape index (κ1) is 22.2. The highest BCUT2D eigenvalue weighted by molar-refractivity contribution is 5.96. The summed E-state index contributed by atoms with van der Waals surface area (Å²) in [5.41, 5.74) is 1.52. The average molecular weight is 407 g/mol. The molecule has 2 fully saturated rings. The van der Waals surface area contributed by atoms with Crippen LogP contribution in [0.1, 0.15) is 34.6 Å². The lowest BCUT2D eigenvalue weighted by molar-refractivity contribution is -0.141. The molecule has 3 atom stereocenters. The number of carboxylic acid groups (broad SMARTS) is 1. The number of nitrogens with one attached hydrogen (secondary N) is 2. The molecule has 0 aromatic carbocycles. The first-order chi connectivity index (χ1) is 13.8. The molecule has 11 heteroatoms.